The molecule has 2 N–H and O–H groups in total. The molecule has 3 aromatic rings. The Morgan fingerprint density at radius 3 is 2.79 bits per heavy atom. The molecule has 29 heavy (non-hydrogen) atoms. The minimum absolute atomic E-state index is 0.0361. The average molecular weight is 392 g/mol. The third-order valence-corrected chi connectivity index (χ3v) is 5.95. The Morgan fingerprint density at radius 1 is 1.21 bits per heavy atom. The summed E-state index contributed by atoms with van der Waals surface area (Å²) in [6.07, 6.45) is 4.91. The zero-order valence-electron chi connectivity index (χ0n) is 17.2. The number of H-pyrrole nitrogens is 1. The predicted molar refractivity (Wildman–Crippen MR) is 117 cm³/mol. The number of methoxy groups -OCH3 is 1. The maximum atomic E-state index is 12.6. The van der Waals surface area contributed by atoms with Gasteiger partial charge in [-0.3, -0.25) is 0 Å². The zero-order chi connectivity index (χ0) is 20.2. The summed E-state index contributed by atoms with van der Waals surface area (Å²) in [6.45, 7) is 4.27. The average Bonchev–Trinajstić information content (AvgIpc) is 3.18. The van der Waals surface area contributed by atoms with Crippen molar-refractivity contribution in [1.82, 2.24) is 15.2 Å². The van der Waals surface area contributed by atoms with Gasteiger partial charge in [0.05, 0.1) is 7.11 Å². The van der Waals surface area contributed by atoms with Crippen molar-refractivity contribution in [2.45, 2.75) is 32.1 Å². The van der Waals surface area contributed by atoms with E-state index in [9.17, 15) is 4.79 Å². The molecule has 1 fully saturated rings. The normalized spacial score (nSPS) is 14.9. The van der Waals surface area contributed by atoms with Gasteiger partial charge >= 0.3 is 6.03 Å². The number of nitrogens with one attached hydrogen (secondary N) is 2. The number of nitrogens with zero attached hydrogens (tertiary/aromatic N) is 1. The van der Waals surface area contributed by atoms with E-state index >= 15 is 0 Å². The lowest BCUT2D eigenvalue weighted by atomic mass is 9.89. The highest BCUT2D eigenvalue weighted by atomic mass is 16.5. The molecule has 1 saturated heterocycles. The molecule has 0 bridgehead atoms. The number of carbonyl (C=O) groups excluding carboxylic acids is 1. The molecule has 0 radical (unpaired) electrons. The lowest BCUT2D eigenvalue weighted by Gasteiger charge is -2.32. The highest BCUT2D eigenvalue weighted by Crippen LogP contribution is 2.33. The summed E-state index contributed by atoms with van der Waals surface area (Å²) in [5.74, 6) is 1.39. The summed E-state index contributed by atoms with van der Waals surface area (Å²) in [7, 11) is 1.69. The van der Waals surface area contributed by atoms with Crippen molar-refractivity contribution in [1.29, 1.82) is 0 Å². The summed E-state index contributed by atoms with van der Waals surface area (Å²) < 4.78 is 5.43. The van der Waals surface area contributed by atoms with Crippen LogP contribution in [0.2, 0.25) is 0 Å². The Labute approximate surface area is 172 Å². The quantitative estimate of drug-likeness (QED) is 0.667. The van der Waals surface area contributed by atoms with Gasteiger partial charge in [0.1, 0.15) is 5.75 Å². The van der Waals surface area contributed by atoms with Gasteiger partial charge in [-0.1, -0.05) is 35.9 Å². The molecule has 1 aromatic heterocycles. The molecule has 0 unspecified atom stereocenters. The van der Waals surface area contributed by atoms with Gasteiger partial charge in [0, 0.05) is 36.7 Å². The molecule has 0 saturated carbocycles. The summed E-state index contributed by atoms with van der Waals surface area (Å²) in [6, 6.07) is 14.6. The zero-order valence-corrected chi connectivity index (χ0v) is 17.2. The fourth-order valence-electron chi connectivity index (χ4n) is 4.34. The van der Waals surface area contributed by atoms with Crippen LogP contribution in [0.25, 0.3) is 10.9 Å². The maximum Gasteiger partial charge on any atom is 0.317 e. The fourth-order valence-corrected chi connectivity index (χ4v) is 4.34. The van der Waals surface area contributed by atoms with E-state index in [2.05, 4.69) is 53.8 Å². The molecule has 0 atom stereocenters. The first-order valence-electron chi connectivity index (χ1n) is 10.4. The first-order chi connectivity index (χ1) is 14.2. The number of piperidine rings is 1. The number of aryl methyl sites for hydroxylation is 1. The molecular formula is C24H29N3O2. The molecule has 4 rings (SSSR count). The van der Waals surface area contributed by atoms with Crippen LogP contribution in [0.15, 0.2) is 48.7 Å². The molecular weight excluding hydrogens is 362 g/mol. The van der Waals surface area contributed by atoms with Crippen molar-refractivity contribution in [3.05, 3.63) is 65.4 Å². The van der Waals surface area contributed by atoms with Crippen molar-refractivity contribution in [2.24, 2.45) is 0 Å². The number of para-hydroxylation sites is 1. The number of urea groups is 1. The number of fused-ring (bicyclic) bond motifs is 1. The van der Waals surface area contributed by atoms with Crippen LogP contribution in [0.4, 0.5) is 4.79 Å². The second kappa shape index (κ2) is 8.60. The number of hydrogen-bond acceptors (Lipinski definition) is 2. The summed E-state index contributed by atoms with van der Waals surface area (Å²) in [5.41, 5.74) is 4.90. The molecule has 1 aliphatic heterocycles. The number of hydrogen-bond donors (Lipinski definition) is 2. The van der Waals surface area contributed by atoms with Crippen molar-refractivity contribution in [3.8, 4) is 5.75 Å². The van der Waals surface area contributed by atoms with E-state index in [-0.39, 0.29) is 6.03 Å². The number of likely N-dealkylation sites (tertiary alicyclic amines) is 1. The number of aromatic nitrogens is 1. The Kier molecular flexibility index (Phi) is 5.74. The monoisotopic (exact) mass is 391 g/mol. The van der Waals surface area contributed by atoms with Crippen LogP contribution in [0.5, 0.6) is 5.75 Å². The SMILES string of the molecule is COc1ccc(C)cc1CCNC(=O)N1CCC(c2c[nH]c3ccccc23)CC1. The molecule has 0 aliphatic carbocycles. The van der Waals surface area contributed by atoms with E-state index in [4.69, 9.17) is 4.74 Å². The second-order valence-corrected chi connectivity index (χ2v) is 7.85. The van der Waals surface area contributed by atoms with E-state index in [1.807, 2.05) is 17.0 Å². The maximum absolute atomic E-state index is 12.6. The predicted octanol–water partition coefficient (Wildman–Crippen LogP) is 4.62. The molecule has 152 valence electrons. The van der Waals surface area contributed by atoms with E-state index in [1.54, 1.807) is 7.11 Å². The minimum Gasteiger partial charge on any atom is -0.496 e. The van der Waals surface area contributed by atoms with Crippen molar-refractivity contribution in [2.75, 3.05) is 26.7 Å². The Morgan fingerprint density at radius 2 is 2.00 bits per heavy atom. The molecule has 1 aliphatic rings. The van der Waals surface area contributed by atoms with Gasteiger partial charge in [0.2, 0.25) is 0 Å². The second-order valence-electron chi connectivity index (χ2n) is 7.85. The van der Waals surface area contributed by atoms with E-state index in [0.29, 0.717) is 12.5 Å². The van der Waals surface area contributed by atoms with Gasteiger partial charge in [-0.2, -0.15) is 0 Å². The Bertz CT molecular complexity index is 987. The van der Waals surface area contributed by atoms with Gasteiger partial charge < -0.3 is 19.9 Å². The molecule has 2 aromatic carbocycles. The molecule has 5 nitrogen and oxygen atoms in total. The van der Waals surface area contributed by atoms with Crippen molar-refractivity contribution in [3.63, 3.8) is 0 Å². The topological polar surface area (TPSA) is 57.4 Å². The van der Waals surface area contributed by atoms with Gasteiger partial charge in [0.25, 0.3) is 0 Å². The van der Waals surface area contributed by atoms with Gasteiger partial charge in [-0.05, 0) is 55.4 Å². The van der Waals surface area contributed by atoms with Gasteiger partial charge in [-0.15, -0.1) is 0 Å². The van der Waals surface area contributed by atoms with E-state index < -0.39 is 0 Å². The van der Waals surface area contributed by atoms with Crippen LogP contribution < -0.4 is 10.1 Å². The number of carbonyl (C=O) groups is 1. The highest BCUT2D eigenvalue weighted by molar-refractivity contribution is 5.83. The Balaban J connectivity index is 1.29. The van der Waals surface area contributed by atoms with E-state index in [0.717, 1.165) is 43.7 Å². The van der Waals surface area contributed by atoms with Crippen LogP contribution in [0, 0.1) is 6.92 Å². The van der Waals surface area contributed by atoms with E-state index in [1.165, 1.54) is 22.0 Å². The van der Waals surface area contributed by atoms with Crippen LogP contribution in [0.1, 0.15) is 35.4 Å². The first-order valence-corrected chi connectivity index (χ1v) is 10.4. The summed E-state index contributed by atoms with van der Waals surface area (Å²) in [4.78, 5) is 17.9. The smallest absolute Gasteiger partial charge is 0.317 e. The lowest BCUT2D eigenvalue weighted by molar-refractivity contribution is 0.181. The molecule has 0 spiro atoms. The highest BCUT2D eigenvalue weighted by Gasteiger charge is 2.25. The number of amides is 2. The largest absolute Gasteiger partial charge is 0.496 e. The number of ether oxygens (including phenoxy) is 1. The van der Waals surface area contributed by atoms with Crippen molar-refractivity contribution < 1.29 is 9.53 Å². The van der Waals surface area contributed by atoms with Crippen LogP contribution in [-0.2, 0) is 6.42 Å². The third kappa shape index (κ3) is 4.24. The fraction of sp³-hybridized carbons (Fsp3) is 0.375. The van der Waals surface area contributed by atoms with Gasteiger partial charge in [0.15, 0.2) is 0 Å². The number of rotatable bonds is 5. The Hall–Kier alpha value is -2.95. The van der Waals surface area contributed by atoms with Crippen LogP contribution in [0.3, 0.4) is 0 Å². The number of aromatic amines is 1. The van der Waals surface area contributed by atoms with Crippen molar-refractivity contribution >= 4 is 16.9 Å². The summed E-state index contributed by atoms with van der Waals surface area (Å²) >= 11 is 0. The molecule has 5 heteroatoms. The third-order valence-electron chi connectivity index (χ3n) is 5.95. The van der Waals surface area contributed by atoms with Gasteiger partial charge in [-0.25, -0.2) is 4.79 Å². The van der Waals surface area contributed by atoms with Crippen LogP contribution >= 0.6 is 0 Å². The number of benzene rings is 2. The summed E-state index contributed by atoms with van der Waals surface area (Å²) in [5, 5.41) is 4.38. The molecule has 2 heterocycles. The van der Waals surface area contributed by atoms with Crippen LogP contribution in [-0.4, -0.2) is 42.7 Å². The molecule has 2 amide bonds. The lowest BCUT2D eigenvalue weighted by Crippen LogP contribution is -2.44. The standard InChI is InChI=1S/C24H29N3O2/c1-17-7-8-23(29-2)19(15-17)9-12-25-24(28)27-13-10-18(11-14-27)21-16-26-22-6-4-3-5-20(21)22/h3-8,15-16,18,26H,9-14H2,1-2H3,(H,25,28). The minimum atomic E-state index is 0.0361. The first kappa shape index (κ1) is 19.4.